The van der Waals surface area contributed by atoms with Crippen molar-refractivity contribution >= 4 is 6.09 Å². The molecular weight excluding hydrogens is 347 g/mol. The highest BCUT2D eigenvalue weighted by atomic mass is 19.2. The first kappa shape index (κ1) is 17.6. The van der Waals surface area contributed by atoms with Crippen molar-refractivity contribution in [1.29, 1.82) is 0 Å². The molecule has 0 aromatic heterocycles. The molecule has 1 aromatic carbocycles. The summed E-state index contributed by atoms with van der Waals surface area (Å²) >= 11 is 0. The van der Waals surface area contributed by atoms with Gasteiger partial charge in [-0.05, 0) is 30.9 Å². The van der Waals surface area contributed by atoms with E-state index in [0.717, 1.165) is 19.0 Å². The van der Waals surface area contributed by atoms with Gasteiger partial charge in [0.25, 0.3) is 0 Å². The van der Waals surface area contributed by atoms with E-state index in [1.807, 2.05) is 0 Å². The van der Waals surface area contributed by atoms with Gasteiger partial charge >= 0.3 is 6.09 Å². The van der Waals surface area contributed by atoms with Crippen molar-refractivity contribution in [2.75, 3.05) is 20.1 Å². The highest BCUT2D eigenvalue weighted by Gasteiger charge is 2.48. The normalized spacial score (nSPS) is 34.9. The molecule has 2 aliphatic heterocycles. The van der Waals surface area contributed by atoms with Gasteiger partial charge < -0.3 is 15.4 Å². The number of nitrogens with zero attached hydrogens (tertiary/aromatic N) is 2. The van der Waals surface area contributed by atoms with E-state index in [1.54, 1.807) is 11.9 Å². The lowest BCUT2D eigenvalue weighted by Gasteiger charge is -2.39. The number of amides is 1. The molecule has 8 heteroatoms. The lowest BCUT2D eigenvalue weighted by Crippen LogP contribution is -2.46. The molecule has 2 heterocycles. The number of halogens is 3. The lowest BCUT2D eigenvalue weighted by atomic mass is 9.77. The summed E-state index contributed by atoms with van der Waals surface area (Å²) in [6.45, 7) is 1.40. The molecule has 2 unspecified atom stereocenters. The molecule has 0 bridgehead atoms. The van der Waals surface area contributed by atoms with Gasteiger partial charge in [-0.2, -0.15) is 0 Å². The van der Waals surface area contributed by atoms with Gasteiger partial charge in [0.15, 0.2) is 11.6 Å². The molecule has 4 rings (SSSR count). The molecule has 1 amide bonds. The molecule has 5 nitrogen and oxygen atoms in total. The van der Waals surface area contributed by atoms with E-state index >= 15 is 0 Å². The third-order valence-electron chi connectivity index (χ3n) is 6.13. The molecule has 5 atom stereocenters. The highest BCUT2D eigenvalue weighted by Crippen LogP contribution is 2.38. The standard InChI is InChI=1S/C18H22F3N3O2/c1-23-16-7-24(8-17(16)26-18(23)25)9-2-3-10(15(22)4-9)11-5-13(20)14(21)6-12(11)19/h5-6,9-10,15-17H,2-4,7-8,22H2,1H3/t9-,10?,15-,16?,17+/m0/s1. The Morgan fingerprint density at radius 3 is 2.54 bits per heavy atom. The van der Waals surface area contributed by atoms with Crippen LogP contribution in [-0.2, 0) is 4.74 Å². The monoisotopic (exact) mass is 369 g/mol. The van der Waals surface area contributed by atoms with Crippen molar-refractivity contribution < 1.29 is 22.7 Å². The van der Waals surface area contributed by atoms with Crippen LogP contribution in [-0.4, -0.2) is 60.3 Å². The van der Waals surface area contributed by atoms with E-state index in [9.17, 15) is 18.0 Å². The Morgan fingerprint density at radius 2 is 1.85 bits per heavy atom. The summed E-state index contributed by atoms with van der Waals surface area (Å²) in [4.78, 5) is 15.5. The molecule has 1 aromatic rings. The van der Waals surface area contributed by atoms with E-state index in [2.05, 4.69) is 4.90 Å². The average molecular weight is 369 g/mol. The molecule has 2 saturated heterocycles. The zero-order chi connectivity index (χ0) is 18.6. The predicted octanol–water partition coefficient (Wildman–Crippen LogP) is 2.20. The maximum Gasteiger partial charge on any atom is 0.410 e. The van der Waals surface area contributed by atoms with E-state index < -0.39 is 17.5 Å². The third-order valence-corrected chi connectivity index (χ3v) is 6.13. The SMILES string of the molecule is CN1C(=O)O[C@@H]2CN([C@H]3CCC(c4cc(F)c(F)cc4F)[C@@H](N)C3)CC21. The van der Waals surface area contributed by atoms with Crippen molar-refractivity contribution in [3.05, 3.63) is 35.1 Å². The Kier molecular flexibility index (Phi) is 4.35. The van der Waals surface area contributed by atoms with Gasteiger partial charge in [0.05, 0.1) is 6.04 Å². The minimum Gasteiger partial charge on any atom is -0.442 e. The smallest absolute Gasteiger partial charge is 0.410 e. The second-order valence-corrected chi connectivity index (χ2v) is 7.58. The Balaban J connectivity index is 1.43. The Labute approximate surface area is 149 Å². The van der Waals surface area contributed by atoms with Crippen LogP contribution in [0.15, 0.2) is 12.1 Å². The molecular formula is C18H22F3N3O2. The van der Waals surface area contributed by atoms with Crippen molar-refractivity contribution in [3.8, 4) is 0 Å². The van der Waals surface area contributed by atoms with Crippen LogP contribution in [0.2, 0.25) is 0 Å². The maximum absolute atomic E-state index is 14.1. The highest BCUT2D eigenvalue weighted by molar-refractivity contribution is 5.70. The Morgan fingerprint density at radius 1 is 1.12 bits per heavy atom. The van der Waals surface area contributed by atoms with Gasteiger partial charge in [-0.3, -0.25) is 4.90 Å². The number of likely N-dealkylation sites (N-methyl/N-ethyl adjacent to an activating group) is 1. The van der Waals surface area contributed by atoms with Crippen LogP contribution >= 0.6 is 0 Å². The van der Waals surface area contributed by atoms with Crippen LogP contribution in [0.4, 0.5) is 18.0 Å². The van der Waals surface area contributed by atoms with Gasteiger partial charge in [0, 0.05) is 44.2 Å². The van der Waals surface area contributed by atoms with E-state index in [1.165, 1.54) is 0 Å². The van der Waals surface area contributed by atoms with Gasteiger partial charge in [-0.25, -0.2) is 18.0 Å². The number of carbonyl (C=O) groups is 1. The third kappa shape index (κ3) is 2.85. The van der Waals surface area contributed by atoms with Crippen LogP contribution < -0.4 is 5.73 Å². The summed E-state index contributed by atoms with van der Waals surface area (Å²) in [5, 5.41) is 0. The van der Waals surface area contributed by atoms with Crippen molar-refractivity contribution in [2.45, 2.75) is 49.4 Å². The summed E-state index contributed by atoms with van der Waals surface area (Å²) in [6, 6.07) is 1.46. The second-order valence-electron chi connectivity index (χ2n) is 7.58. The van der Waals surface area contributed by atoms with Crippen LogP contribution in [0.3, 0.4) is 0 Å². The van der Waals surface area contributed by atoms with Gasteiger partial charge in [-0.1, -0.05) is 0 Å². The van der Waals surface area contributed by atoms with E-state index in [0.29, 0.717) is 25.5 Å². The van der Waals surface area contributed by atoms with E-state index in [-0.39, 0.29) is 41.8 Å². The van der Waals surface area contributed by atoms with Crippen LogP contribution in [0, 0.1) is 17.5 Å². The Hall–Kier alpha value is -1.80. The number of ether oxygens (including phenoxy) is 1. The number of carbonyl (C=O) groups excluding carboxylic acids is 1. The van der Waals surface area contributed by atoms with E-state index in [4.69, 9.17) is 10.5 Å². The summed E-state index contributed by atoms with van der Waals surface area (Å²) in [5.41, 5.74) is 6.44. The molecule has 1 saturated carbocycles. The van der Waals surface area contributed by atoms with Gasteiger partial charge in [0.1, 0.15) is 11.9 Å². The van der Waals surface area contributed by atoms with Crippen molar-refractivity contribution in [3.63, 3.8) is 0 Å². The quantitative estimate of drug-likeness (QED) is 0.812. The molecule has 26 heavy (non-hydrogen) atoms. The second kappa shape index (κ2) is 6.42. The predicted molar refractivity (Wildman–Crippen MR) is 88.1 cm³/mol. The largest absolute Gasteiger partial charge is 0.442 e. The Bertz CT molecular complexity index is 732. The topological polar surface area (TPSA) is 58.8 Å². The zero-order valence-corrected chi connectivity index (χ0v) is 14.5. The minimum absolute atomic E-state index is 0.0556. The summed E-state index contributed by atoms with van der Waals surface area (Å²) in [6.07, 6.45) is 1.63. The van der Waals surface area contributed by atoms with Gasteiger partial charge in [-0.15, -0.1) is 0 Å². The number of rotatable bonds is 2. The fourth-order valence-corrected chi connectivity index (χ4v) is 4.64. The first-order chi connectivity index (χ1) is 12.3. The molecule has 142 valence electrons. The number of hydrogen-bond acceptors (Lipinski definition) is 4. The molecule has 0 radical (unpaired) electrons. The number of hydrogen-bond donors (Lipinski definition) is 1. The fourth-order valence-electron chi connectivity index (χ4n) is 4.64. The molecule has 1 aliphatic carbocycles. The fraction of sp³-hybridized carbons (Fsp3) is 0.611. The lowest BCUT2D eigenvalue weighted by molar-refractivity contribution is 0.102. The van der Waals surface area contributed by atoms with Crippen LogP contribution in [0.1, 0.15) is 30.7 Å². The maximum atomic E-state index is 14.1. The number of nitrogens with two attached hydrogens (primary N) is 1. The van der Waals surface area contributed by atoms with Gasteiger partial charge in [0.2, 0.25) is 0 Å². The number of likely N-dealkylation sites (tertiary alicyclic amines) is 1. The summed E-state index contributed by atoms with van der Waals surface area (Å²) in [7, 11) is 1.74. The first-order valence-corrected chi connectivity index (χ1v) is 8.92. The summed E-state index contributed by atoms with van der Waals surface area (Å²) in [5.74, 6) is -3.31. The van der Waals surface area contributed by atoms with Crippen molar-refractivity contribution in [2.24, 2.45) is 5.73 Å². The molecule has 2 N–H and O–H groups in total. The molecule has 0 spiro atoms. The first-order valence-electron chi connectivity index (χ1n) is 8.92. The molecule has 3 fully saturated rings. The van der Waals surface area contributed by atoms with Crippen LogP contribution in [0.25, 0.3) is 0 Å². The minimum atomic E-state index is -1.18. The molecule has 3 aliphatic rings. The van der Waals surface area contributed by atoms with Crippen molar-refractivity contribution in [1.82, 2.24) is 9.80 Å². The van der Waals surface area contributed by atoms with Crippen LogP contribution in [0.5, 0.6) is 0 Å². The number of benzene rings is 1. The number of fused-ring (bicyclic) bond motifs is 1. The zero-order valence-electron chi connectivity index (χ0n) is 14.5. The average Bonchev–Trinajstić information content (AvgIpc) is 3.11. The summed E-state index contributed by atoms with van der Waals surface area (Å²) < 4.78 is 46.2.